The van der Waals surface area contributed by atoms with Gasteiger partial charge in [0, 0.05) is 22.5 Å². The third-order valence-corrected chi connectivity index (χ3v) is 4.40. The van der Waals surface area contributed by atoms with Crippen molar-refractivity contribution in [1.82, 2.24) is 10.1 Å². The molecule has 4 aromatic rings. The maximum absolute atomic E-state index is 13.9. The standard InChI is InChI=1S/C21H17FN2O2/c1-12(2)17-11-18(26-24-17)20-19(13-6-4-3-5-7-13)15-10-14(22)8-9-16(15)23-21(20)25/h3-12H,1-2H3,(H,23,25). The number of nitrogens with zero attached hydrogens (tertiary/aromatic N) is 1. The van der Waals surface area contributed by atoms with Crippen molar-refractivity contribution < 1.29 is 8.91 Å². The molecule has 0 saturated carbocycles. The van der Waals surface area contributed by atoms with Crippen LogP contribution in [-0.4, -0.2) is 10.1 Å². The fraction of sp³-hybridized carbons (Fsp3) is 0.143. The normalized spacial score (nSPS) is 11.4. The van der Waals surface area contributed by atoms with Gasteiger partial charge in [0.15, 0.2) is 5.76 Å². The average molecular weight is 348 g/mol. The van der Waals surface area contributed by atoms with Crippen molar-refractivity contribution >= 4 is 10.9 Å². The largest absolute Gasteiger partial charge is 0.356 e. The molecule has 1 N–H and O–H groups in total. The number of H-pyrrole nitrogens is 1. The monoisotopic (exact) mass is 348 g/mol. The Morgan fingerprint density at radius 1 is 1.04 bits per heavy atom. The lowest BCUT2D eigenvalue weighted by Gasteiger charge is -2.11. The number of hydrogen-bond acceptors (Lipinski definition) is 3. The number of aromatic nitrogens is 2. The minimum absolute atomic E-state index is 0.171. The predicted octanol–water partition coefficient (Wildman–Crippen LogP) is 5.11. The lowest BCUT2D eigenvalue weighted by atomic mass is 9.94. The zero-order chi connectivity index (χ0) is 18.3. The Labute approximate surface area is 149 Å². The number of aromatic amines is 1. The van der Waals surface area contributed by atoms with E-state index < -0.39 is 0 Å². The molecule has 4 rings (SSSR count). The summed E-state index contributed by atoms with van der Waals surface area (Å²) in [6.07, 6.45) is 0. The van der Waals surface area contributed by atoms with Gasteiger partial charge in [0.05, 0.1) is 11.3 Å². The van der Waals surface area contributed by atoms with Gasteiger partial charge in [-0.1, -0.05) is 49.3 Å². The van der Waals surface area contributed by atoms with Crippen LogP contribution in [0.4, 0.5) is 4.39 Å². The molecular formula is C21H17FN2O2. The molecule has 0 fully saturated rings. The van der Waals surface area contributed by atoms with E-state index in [-0.39, 0.29) is 17.3 Å². The van der Waals surface area contributed by atoms with Crippen LogP contribution in [0.2, 0.25) is 0 Å². The van der Waals surface area contributed by atoms with E-state index in [1.807, 2.05) is 44.2 Å². The topological polar surface area (TPSA) is 58.9 Å². The second kappa shape index (κ2) is 6.26. The van der Waals surface area contributed by atoms with E-state index in [2.05, 4.69) is 10.1 Å². The summed E-state index contributed by atoms with van der Waals surface area (Å²) in [6, 6.07) is 15.5. The van der Waals surface area contributed by atoms with Gasteiger partial charge in [0.1, 0.15) is 5.82 Å². The van der Waals surface area contributed by atoms with Crippen molar-refractivity contribution in [3.05, 3.63) is 76.5 Å². The van der Waals surface area contributed by atoms with E-state index >= 15 is 0 Å². The maximum atomic E-state index is 13.9. The van der Waals surface area contributed by atoms with Crippen LogP contribution in [0.25, 0.3) is 33.4 Å². The van der Waals surface area contributed by atoms with Gasteiger partial charge in [-0.15, -0.1) is 0 Å². The molecule has 26 heavy (non-hydrogen) atoms. The molecule has 0 aliphatic heterocycles. The summed E-state index contributed by atoms with van der Waals surface area (Å²) in [5.74, 6) is 0.178. The average Bonchev–Trinajstić information content (AvgIpc) is 3.12. The lowest BCUT2D eigenvalue weighted by molar-refractivity contribution is 0.419. The smallest absolute Gasteiger partial charge is 0.260 e. The van der Waals surface area contributed by atoms with Gasteiger partial charge in [-0.3, -0.25) is 4.79 Å². The molecule has 2 heterocycles. The first-order chi connectivity index (χ1) is 12.5. The highest BCUT2D eigenvalue weighted by Gasteiger charge is 2.21. The molecule has 0 saturated heterocycles. The lowest BCUT2D eigenvalue weighted by Crippen LogP contribution is -2.11. The van der Waals surface area contributed by atoms with E-state index in [0.717, 1.165) is 11.3 Å². The van der Waals surface area contributed by atoms with Gasteiger partial charge < -0.3 is 9.51 Å². The third kappa shape index (κ3) is 2.71. The van der Waals surface area contributed by atoms with Crippen molar-refractivity contribution in [1.29, 1.82) is 0 Å². The van der Waals surface area contributed by atoms with E-state index in [1.54, 1.807) is 12.1 Å². The van der Waals surface area contributed by atoms with Gasteiger partial charge in [-0.2, -0.15) is 0 Å². The molecule has 5 heteroatoms. The van der Waals surface area contributed by atoms with Gasteiger partial charge in [0.2, 0.25) is 0 Å². The van der Waals surface area contributed by atoms with Gasteiger partial charge >= 0.3 is 0 Å². The zero-order valence-electron chi connectivity index (χ0n) is 14.4. The Morgan fingerprint density at radius 3 is 2.50 bits per heavy atom. The minimum Gasteiger partial charge on any atom is -0.356 e. The Kier molecular flexibility index (Phi) is 3.92. The highest BCUT2D eigenvalue weighted by molar-refractivity contribution is 6.01. The Morgan fingerprint density at radius 2 is 1.81 bits per heavy atom. The second-order valence-electron chi connectivity index (χ2n) is 6.53. The number of rotatable bonds is 3. The highest BCUT2D eigenvalue weighted by atomic mass is 19.1. The molecule has 0 aliphatic rings. The Balaban J connectivity index is 2.11. The number of fused-ring (bicyclic) bond motifs is 1. The SMILES string of the molecule is CC(C)c1cc(-c2c(-c3ccccc3)c3cc(F)ccc3[nH]c2=O)on1. The van der Waals surface area contributed by atoms with Crippen LogP contribution in [0.1, 0.15) is 25.5 Å². The molecule has 0 spiro atoms. The molecule has 0 bridgehead atoms. The fourth-order valence-electron chi connectivity index (χ4n) is 3.08. The van der Waals surface area contributed by atoms with Gasteiger partial charge in [0.25, 0.3) is 5.56 Å². The van der Waals surface area contributed by atoms with Crippen LogP contribution in [0.5, 0.6) is 0 Å². The minimum atomic E-state index is -0.367. The first kappa shape index (κ1) is 16.3. The second-order valence-corrected chi connectivity index (χ2v) is 6.53. The van der Waals surface area contributed by atoms with Crippen LogP contribution in [-0.2, 0) is 0 Å². The maximum Gasteiger partial charge on any atom is 0.260 e. The van der Waals surface area contributed by atoms with E-state index in [0.29, 0.717) is 27.8 Å². The highest BCUT2D eigenvalue weighted by Crippen LogP contribution is 2.36. The number of nitrogens with one attached hydrogen (secondary N) is 1. The van der Waals surface area contributed by atoms with Crippen LogP contribution in [0, 0.1) is 5.82 Å². The van der Waals surface area contributed by atoms with Gasteiger partial charge in [-0.25, -0.2) is 4.39 Å². The molecule has 0 unspecified atom stereocenters. The quantitative estimate of drug-likeness (QED) is 0.559. The van der Waals surface area contributed by atoms with E-state index in [9.17, 15) is 9.18 Å². The first-order valence-electron chi connectivity index (χ1n) is 8.42. The number of hydrogen-bond donors (Lipinski definition) is 1. The summed E-state index contributed by atoms with van der Waals surface area (Å²) in [5.41, 5.74) is 2.84. The Bertz CT molecular complexity index is 1140. The summed E-state index contributed by atoms with van der Waals surface area (Å²) in [6.45, 7) is 4.00. The van der Waals surface area contributed by atoms with Crippen molar-refractivity contribution in [2.45, 2.75) is 19.8 Å². The molecule has 0 atom stereocenters. The zero-order valence-corrected chi connectivity index (χ0v) is 14.4. The van der Waals surface area contributed by atoms with Crippen molar-refractivity contribution in [3.63, 3.8) is 0 Å². The van der Waals surface area contributed by atoms with Crippen LogP contribution >= 0.6 is 0 Å². The Hall–Kier alpha value is -3.21. The van der Waals surface area contributed by atoms with Crippen LogP contribution in [0.15, 0.2) is 63.9 Å². The fourth-order valence-corrected chi connectivity index (χ4v) is 3.08. The molecule has 0 radical (unpaired) electrons. The molecule has 2 aromatic carbocycles. The number of pyridine rings is 1. The summed E-state index contributed by atoms with van der Waals surface area (Å²) in [4.78, 5) is 15.7. The number of halogens is 1. The van der Waals surface area contributed by atoms with Gasteiger partial charge in [-0.05, 0) is 29.7 Å². The van der Waals surface area contributed by atoms with Crippen LogP contribution < -0.4 is 5.56 Å². The summed E-state index contributed by atoms with van der Waals surface area (Å²) in [5, 5.41) is 4.68. The van der Waals surface area contributed by atoms with Crippen LogP contribution in [0.3, 0.4) is 0 Å². The summed E-state index contributed by atoms with van der Waals surface area (Å²) >= 11 is 0. The summed E-state index contributed by atoms with van der Waals surface area (Å²) in [7, 11) is 0. The molecule has 0 amide bonds. The van der Waals surface area contributed by atoms with Crippen molar-refractivity contribution in [2.24, 2.45) is 0 Å². The molecule has 4 nitrogen and oxygen atoms in total. The molecular weight excluding hydrogens is 331 g/mol. The third-order valence-electron chi connectivity index (χ3n) is 4.40. The molecule has 130 valence electrons. The first-order valence-corrected chi connectivity index (χ1v) is 8.42. The predicted molar refractivity (Wildman–Crippen MR) is 99.5 cm³/mol. The van der Waals surface area contributed by atoms with Crippen molar-refractivity contribution in [2.75, 3.05) is 0 Å². The molecule has 2 aromatic heterocycles. The summed E-state index contributed by atoms with van der Waals surface area (Å²) < 4.78 is 19.4. The van der Waals surface area contributed by atoms with E-state index in [1.165, 1.54) is 12.1 Å². The van der Waals surface area contributed by atoms with E-state index in [4.69, 9.17) is 4.52 Å². The number of benzene rings is 2. The van der Waals surface area contributed by atoms with Crippen molar-refractivity contribution in [3.8, 4) is 22.5 Å². The molecule has 0 aliphatic carbocycles.